The topological polar surface area (TPSA) is 89.3 Å². The van der Waals surface area contributed by atoms with E-state index in [0.29, 0.717) is 19.9 Å². The summed E-state index contributed by atoms with van der Waals surface area (Å²) in [7, 11) is -3.71. The van der Waals surface area contributed by atoms with Crippen LogP contribution in [0.2, 0.25) is 5.02 Å². The molecule has 5 nitrogen and oxygen atoms in total. The minimum Gasteiger partial charge on any atom is -0.347 e. The highest BCUT2D eigenvalue weighted by Crippen LogP contribution is 2.26. The van der Waals surface area contributed by atoms with Crippen LogP contribution in [-0.4, -0.2) is 14.3 Å². The molecule has 21 heavy (non-hydrogen) atoms. The first-order valence-corrected chi connectivity index (χ1v) is 9.16. The summed E-state index contributed by atoms with van der Waals surface area (Å²) in [5, 5.41) is 8.03. The van der Waals surface area contributed by atoms with Crippen LogP contribution in [0.4, 0.5) is 0 Å². The van der Waals surface area contributed by atoms with Crippen LogP contribution < -0.4 is 10.5 Å². The summed E-state index contributed by atoms with van der Waals surface area (Å²) in [6.07, 6.45) is 0. The monoisotopic (exact) mass is 408 g/mol. The van der Waals surface area contributed by atoms with Crippen molar-refractivity contribution in [2.45, 2.75) is 10.8 Å². The molecule has 1 heterocycles. The smallest absolute Gasteiger partial charge is 0.253 e. The molecular formula is C12H10BrClN2O3S2. The summed E-state index contributed by atoms with van der Waals surface area (Å²) < 4.78 is 23.0. The number of sulfonamides is 1. The molecule has 0 aliphatic rings. The van der Waals surface area contributed by atoms with Crippen molar-refractivity contribution in [3.8, 4) is 0 Å². The van der Waals surface area contributed by atoms with Gasteiger partial charge in [-0.1, -0.05) is 17.7 Å². The quantitative estimate of drug-likeness (QED) is 0.813. The third-order valence-corrected chi connectivity index (χ3v) is 6.36. The van der Waals surface area contributed by atoms with Crippen molar-refractivity contribution in [2.75, 3.05) is 0 Å². The minimum absolute atomic E-state index is 0.0623. The van der Waals surface area contributed by atoms with E-state index in [-0.39, 0.29) is 16.7 Å². The van der Waals surface area contributed by atoms with Crippen LogP contribution in [0.1, 0.15) is 15.2 Å². The van der Waals surface area contributed by atoms with Crippen LogP contribution in [-0.2, 0) is 16.6 Å². The second-order valence-electron chi connectivity index (χ2n) is 4.05. The van der Waals surface area contributed by atoms with Crippen molar-refractivity contribution in [1.82, 2.24) is 5.32 Å². The molecule has 0 radical (unpaired) electrons. The van der Waals surface area contributed by atoms with E-state index in [1.807, 2.05) is 0 Å². The van der Waals surface area contributed by atoms with Gasteiger partial charge in [-0.25, -0.2) is 13.6 Å². The maximum absolute atomic E-state index is 12.0. The number of halogens is 2. The first-order chi connectivity index (χ1) is 9.79. The second-order valence-corrected chi connectivity index (χ2v) is 8.24. The molecule has 0 aliphatic heterocycles. The summed E-state index contributed by atoms with van der Waals surface area (Å²) >= 11 is 10.3. The zero-order valence-corrected chi connectivity index (χ0v) is 14.4. The van der Waals surface area contributed by atoms with Gasteiger partial charge in [0.15, 0.2) is 0 Å². The number of carbonyl (C=O) groups is 1. The van der Waals surface area contributed by atoms with Gasteiger partial charge in [-0.05, 0) is 40.2 Å². The Morgan fingerprint density at radius 2 is 2.05 bits per heavy atom. The highest BCUT2D eigenvalue weighted by atomic mass is 79.9. The number of carbonyl (C=O) groups excluding carboxylic acids is 1. The Kier molecular flexibility index (Phi) is 5.05. The van der Waals surface area contributed by atoms with E-state index in [0.717, 1.165) is 11.3 Å². The van der Waals surface area contributed by atoms with Crippen molar-refractivity contribution in [3.63, 3.8) is 0 Å². The van der Waals surface area contributed by atoms with Crippen LogP contribution in [0, 0.1) is 0 Å². The minimum atomic E-state index is -3.71. The SMILES string of the molecule is NS(=O)(=O)c1ccc(CNC(=O)c2cccc(Br)c2Cl)s1. The van der Waals surface area contributed by atoms with Crippen molar-refractivity contribution >= 4 is 54.8 Å². The first-order valence-electron chi connectivity index (χ1n) is 5.63. The number of rotatable bonds is 4. The fourth-order valence-corrected chi connectivity index (χ4v) is 3.84. The third-order valence-electron chi connectivity index (χ3n) is 2.54. The lowest BCUT2D eigenvalue weighted by atomic mass is 10.2. The molecule has 1 aromatic carbocycles. The van der Waals surface area contributed by atoms with E-state index in [1.54, 1.807) is 24.3 Å². The lowest BCUT2D eigenvalue weighted by Crippen LogP contribution is -2.22. The number of nitrogens with one attached hydrogen (secondary N) is 1. The van der Waals surface area contributed by atoms with Crippen molar-refractivity contribution in [1.29, 1.82) is 0 Å². The van der Waals surface area contributed by atoms with Crippen molar-refractivity contribution in [3.05, 3.63) is 50.3 Å². The maximum Gasteiger partial charge on any atom is 0.253 e. The lowest BCUT2D eigenvalue weighted by Gasteiger charge is -2.06. The van der Waals surface area contributed by atoms with Gasteiger partial charge in [0.1, 0.15) is 4.21 Å². The number of amides is 1. The van der Waals surface area contributed by atoms with Gasteiger partial charge >= 0.3 is 0 Å². The Morgan fingerprint density at radius 1 is 1.33 bits per heavy atom. The van der Waals surface area contributed by atoms with Gasteiger partial charge in [0, 0.05) is 9.35 Å². The molecular weight excluding hydrogens is 400 g/mol. The second kappa shape index (κ2) is 6.45. The molecule has 0 saturated heterocycles. The Labute approximate surface area is 139 Å². The third kappa shape index (κ3) is 4.04. The predicted molar refractivity (Wildman–Crippen MR) is 86.0 cm³/mol. The van der Waals surface area contributed by atoms with Crippen molar-refractivity contribution < 1.29 is 13.2 Å². The molecule has 2 rings (SSSR count). The highest BCUT2D eigenvalue weighted by Gasteiger charge is 2.14. The summed E-state index contributed by atoms with van der Waals surface area (Å²) in [5.74, 6) is -0.341. The van der Waals surface area contributed by atoms with E-state index >= 15 is 0 Å². The number of hydrogen-bond donors (Lipinski definition) is 2. The Bertz CT molecular complexity index is 790. The normalized spacial score (nSPS) is 11.4. The first kappa shape index (κ1) is 16.4. The zero-order valence-electron chi connectivity index (χ0n) is 10.5. The molecule has 1 amide bonds. The summed E-state index contributed by atoms with van der Waals surface area (Å²) in [4.78, 5) is 12.7. The molecule has 0 fully saturated rings. The summed E-state index contributed by atoms with van der Waals surface area (Å²) in [6, 6.07) is 8.05. The van der Waals surface area contributed by atoms with Crippen LogP contribution in [0.3, 0.4) is 0 Å². The fourth-order valence-electron chi connectivity index (χ4n) is 1.55. The maximum atomic E-state index is 12.0. The van der Waals surface area contributed by atoms with Gasteiger partial charge in [-0.3, -0.25) is 4.79 Å². The number of hydrogen-bond acceptors (Lipinski definition) is 4. The Hall–Kier alpha value is -0.930. The van der Waals surface area contributed by atoms with E-state index < -0.39 is 10.0 Å². The molecule has 0 aliphatic carbocycles. The average molecular weight is 410 g/mol. The largest absolute Gasteiger partial charge is 0.347 e. The fraction of sp³-hybridized carbons (Fsp3) is 0.0833. The molecule has 112 valence electrons. The van der Waals surface area contributed by atoms with Crippen LogP contribution in [0.15, 0.2) is 39.0 Å². The molecule has 2 aromatic rings. The van der Waals surface area contributed by atoms with Crippen LogP contribution in [0.5, 0.6) is 0 Å². The van der Waals surface area contributed by atoms with E-state index in [1.165, 1.54) is 6.07 Å². The molecule has 0 spiro atoms. The van der Waals surface area contributed by atoms with E-state index in [4.69, 9.17) is 16.7 Å². The van der Waals surface area contributed by atoms with Gasteiger partial charge in [0.25, 0.3) is 5.91 Å². The number of thiophene rings is 1. The number of benzene rings is 1. The van der Waals surface area contributed by atoms with Gasteiger partial charge < -0.3 is 5.32 Å². The van der Waals surface area contributed by atoms with Gasteiger partial charge in [0.2, 0.25) is 10.0 Å². The number of primary sulfonamides is 1. The molecule has 0 bridgehead atoms. The van der Waals surface area contributed by atoms with Gasteiger partial charge in [-0.15, -0.1) is 11.3 Å². The van der Waals surface area contributed by atoms with E-state index in [9.17, 15) is 13.2 Å². The molecule has 1 aromatic heterocycles. The predicted octanol–water partition coefficient (Wildman–Crippen LogP) is 2.74. The molecule has 3 N–H and O–H groups in total. The molecule has 9 heteroatoms. The van der Waals surface area contributed by atoms with Gasteiger partial charge in [0.05, 0.1) is 17.1 Å². The Morgan fingerprint density at radius 3 is 2.67 bits per heavy atom. The average Bonchev–Trinajstić information content (AvgIpc) is 2.88. The Balaban J connectivity index is 2.08. The van der Waals surface area contributed by atoms with Crippen LogP contribution >= 0.6 is 38.9 Å². The van der Waals surface area contributed by atoms with Crippen molar-refractivity contribution in [2.24, 2.45) is 5.14 Å². The molecule has 0 saturated carbocycles. The lowest BCUT2D eigenvalue weighted by molar-refractivity contribution is 0.0951. The molecule has 0 unspecified atom stereocenters. The summed E-state index contributed by atoms with van der Waals surface area (Å²) in [5.41, 5.74) is 0.342. The van der Waals surface area contributed by atoms with Crippen LogP contribution in [0.25, 0.3) is 0 Å². The summed E-state index contributed by atoms with van der Waals surface area (Å²) in [6.45, 7) is 0.196. The molecule has 0 atom stereocenters. The standard InChI is InChI=1S/C12H10BrClN2O3S2/c13-9-3-1-2-8(11(9)14)12(17)16-6-7-4-5-10(20-7)21(15,18)19/h1-5H,6H2,(H,16,17)(H2,15,18,19). The zero-order chi connectivity index (χ0) is 15.6. The van der Waals surface area contributed by atoms with E-state index in [2.05, 4.69) is 21.2 Å². The number of nitrogens with two attached hydrogens (primary N) is 1. The highest BCUT2D eigenvalue weighted by molar-refractivity contribution is 9.10. The van der Waals surface area contributed by atoms with Gasteiger partial charge in [-0.2, -0.15) is 0 Å².